The van der Waals surface area contributed by atoms with Gasteiger partial charge in [-0.25, -0.2) is 12.8 Å². The lowest BCUT2D eigenvalue weighted by Gasteiger charge is -2.30. The zero-order chi connectivity index (χ0) is 21.9. The minimum absolute atomic E-state index is 0.0983. The van der Waals surface area contributed by atoms with E-state index in [0.717, 1.165) is 6.07 Å². The van der Waals surface area contributed by atoms with E-state index < -0.39 is 15.8 Å². The molecule has 1 aliphatic heterocycles. The largest absolute Gasteiger partial charge is 0.493 e. The lowest BCUT2D eigenvalue weighted by atomic mass is 9.97. The Hall–Kier alpha value is -2.36. The monoisotopic (exact) mass is 456 g/mol. The Balaban J connectivity index is 1.66. The molecule has 0 aromatic heterocycles. The van der Waals surface area contributed by atoms with Gasteiger partial charge in [0.1, 0.15) is 5.82 Å². The minimum Gasteiger partial charge on any atom is -0.493 e. The summed E-state index contributed by atoms with van der Waals surface area (Å²) in [5.41, 5.74) is 0.323. The van der Waals surface area contributed by atoms with Crippen molar-refractivity contribution in [2.45, 2.75) is 17.7 Å². The standard InChI is InChI=1S/C20H22ClFN2O5S/c1-28-18-6-4-15(12-19(18)29-2)30(26,27)24-9-7-13(8-10-24)20(25)23-17-5-3-14(22)11-16(17)21/h3-6,11-13H,7-10H2,1-2H3,(H,23,25). The van der Waals surface area contributed by atoms with Crippen molar-refractivity contribution in [1.29, 1.82) is 0 Å². The minimum atomic E-state index is -3.74. The van der Waals surface area contributed by atoms with Crippen molar-refractivity contribution < 1.29 is 27.1 Å². The smallest absolute Gasteiger partial charge is 0.243 e. The molecule has 1 aliphatic rings. The lowest BCUT2D eigenvalue weighted by molar-refractivity contribution is -0.120. The predicted octanol–water partition coefficient (Wildman–Crippen LogP) is 3.54. The topological polar surface area (TPSA) is 84.9 Å². The number of carbonyl (C=O) groups is 1. The van der Waals surface area contributed by atoms with Gasteiger partial charge in [0.2, 0.25) is 15.9 Å². The molecule has 0 bridgehead atoms. The van der Waals surface area contributed by atoms with Gasteiger partial charge in [-0.15, -0.1) is 0 Å². The first-order chi connectivity index (χ1) is 14.3. The molecule has 1 saturated heterocycles. The molecule has 3 rings (SSSR count). The van der Waals surface area contributed by atoms with Crippen LogP contribution in [0.25, 0.3) is 0 Å². The van der Waals surface area contributed by atoms with Gasteiger partial charge in [0, 0.05) is 25.1 Å². The molecule has 10 heteroatoms. The van der Waals surface area contributed by atoms with Crippen molar-refractivity contribution in [3.05, 3.63) is 47.2 Å². The third-order valence-electron chi connectivity index (χ3n) is 5.01. The van der Waals surface area contributed by atoms with E-state index in [1.807, 2.05) is 0 Å². The lowest BCUT2D eigenvalue weighted by Crippen LogP contribution is -2.41. The van der Waals surface area contributed by atoms with Crippen LogP contribution in [-0.4, -0.2) is 45.9 Å². The van der Waals surface area contributed by atoms with Gasteiger partial charge in [-0.05, 0) is 43.2 Å². The first kappa shape index (κ1) is 22.3. The van der Waals surface area contributed by atoms with E-state index in [0.29, 0.717) is 30.0 Å². The fraction of sp³-hybridized carbons (Fsp3) is 0.350. The van der Waals surface area contributed by atoms with Crippen LogP contribution in [0.2, 0.25) is 5.02 Å². The molecule has 1 heterocycles. The predicted molar refractivity (Wildman–Crippen MR) is 111 cm³/mol. The molecule has 0 spiro atoms. The van der Waals surface area contributed by atoms with Crippen LogP contribution in [-0.2, 0) is 14.8 Å². The van der Waals surface area contributed by atoms with Crippen molar-refractivity contribution >= 4 is 33.2 Å². The zero-order valence-electron chi connectivity index (χ0n) is 16.5. The number of carbonyl (C=O) groups excluding carboxylic acids is 1. The molecule has 0 saturated carbocycles. The number of sulfonamides is 1. The molecule has 162 valence electrons. The van der Waals surface area contributed by atoms with E-state index in [1.54, 1.807) is 6.07 Å². The Morgan fingerprint density at radius 3 is 2.37 bits per heavy atom. The molecule has 30 heavy (non-hydrogen) atoms. The Labute approximate surface area is 179 Å². The Morgan fingerprint density at radius 1 is 1.10 bits per heavy atom. The van der Waals surface area contributed by atoms with Crippen molar-refractivity contribution in [2.75, 3.05) is 32.6 Å². The van der Waals surface area contributed by atoms with Crippen LogP contribution in [0.4, 0.5) is 10.1 Å². The molecule has 2 aromatic rings. The van der Waals surface area contributed by atoms with Gasteiger partial charge in [0.05, 0.1) is 29.8 Å². The molecule has 2 aromatic carbocycles. The summed E-state index contributed by atoms with van der Waals surface area (Å²) in [6.45, 7) is 0.401. The summed E-state index contributed by atoms with van der Waals surface area (Å²) >= 11 is 5.95. The average Bonchev–Trinajstić information content (AvgIpc) is 2.75. The van der Waals surface area contributed by atoms with Crippen LogP contribution in [0.15, 0.2) is 41.3 Å². The Kier molecular flexibility index (Phi) is 6.84. The summed E-state index contributed by atoms with van der Waals surface area (Å²) in [5, 5.41) is 2.79. The van der Waals surface area contributed by atoms with Crippen molar-refractivity contribution in [3.63, 3.8) is 0 Å². The normalized spacial score (nSPS) is 15.6. The number of rotatable bonds is 6. The maximum absolute atomic E-state index is 13.1. The highest BCUT2D eigenvalue weighted by Crippen LogP contribution is 2.32. The Morgan fingerprint density at radius 2 is 1.77 bits per heavy atom. The number of benzene rings is 2. The fourth-order valence-electron chi connectivity index (χ4n) is 3.31. The van der Waals surface area contributed by atoms with Crippen LogP contribution < -0.4 is 14.8 Å². The average molecular weight is 457 g/mol. The fourth-order valence-corrected chi connectivity index (χ4v) is 5.01. The van der Waals surface area contributed by atoms with Gasteiger partial charge in [0.15, 0.2) is 11.5 Å². The molecule has 0 aliphatic carbocycles. The quantitative estimate of drug-likeness (QED) is 0.718. The summed E-state index contributed by atoms with van der Waals surface area (Å²) in [6.07, 6.45) is 0.717. The highest BCUT2D eigenvalue weighted by atomic mass is 35.5. The van der Waals surface area contributed by atoms with E-state index in [1.165, 1.54) is 42.8 Å². The number of nitrogens with zero attached hydrogens (tertiary/aromatic N) is 1. The molecule has 1 N–H and O–H groups in total. The maximum Gasteiger partial charge on any atom is 0.243 e. The van der Waals surface area contributed by atoms with E-state index in [9.17, 15) is 17.6 Å². The number of halogens is 2. The maximum atomic E-state index is 13.1. The van der Waals surface area contributed by atoms with E-state index in [4.69, 9.17) is 21.1 Å². The highest BCUT2D eigenvalue weighted by molar-refractivity contribution is 7.89. The SMILES string of the molecule is COc1ccc(S(=O)(=O)N2CCC(C(=O)Nc3ccc(F)cc3Cl)CC2)cc1OC. The van der Waals surface area contributed by atoms with Crippen LogP contribution >= 0.6 is 11.6 Å². The first-order valence-corrected chi connectivity index (χ1v) is 11.1. The first-order valence-electron chi connectivity index (χ1n) is 9.24. The Bertz CT molecular complexity index is 1040. The van der Waals surface area contributed by atoms with Crippen LogP contribution in [0.5, 0.6) is 11.5 Å². The number of anilines is 1. The summed E-state index contributed by atoms with van der Waals surface area (Å²) in [4.78, 5) is 12.6. The summed E-state index contributed by atoms with van der Waals surface area (Å²) in [6, 6.07) is 8.15. The number of ether oxygens (including phenoxy) is 2. The van der Waals surface area contributed by atoms with Crippen LogP contribution in [0.1, 0.15) is 12.8 Å². The molecule has 0 unspecified atom stereocenters. The van der Waals surface area contributed by atoms with Gasteiger partial charge < -0.3 is 14.8 Å². The van der Waals surface area contributed by atoms with E-state index >= 15 is 0 Å². The van der Waals surface area contributed by atoms with Gasteiger partial charge in [0.25, 0.3) is 0 Å². The van der Waals surface area contributed by atoms with Crippen molar-refractivity contribution in [3.8, 4) is 11.5 Å². The van der Waals surface area contributed by atoms with Gasteiger partial charge in [-0.2, -0.15) is 4.31 Å². The number of piperidine rings is 1. The summed E-state index contributed by atoms with van der Waals surface area (Å²) in [7, 11) is -0.826. The number of amides is 1. The molecule has 0 radical (unpaired) electrons. The van der Waals surface area contributed by atoms with Crippen LogP contribution in [0.3, 0.4) is 0 Å². The number of hydrogen-bond donors (Lipinski definition) is 1. The molecule has 7 nitrogen and oxygen atoms in total. The molecule has 0 atom stereocenters. The van der Waals surface area contributed by atoms with Gasteiger partial charge in [-0.1, -0.05) is 11.6 Å². The van der Waals surface area contributed by atoms with Crippen LogP contribution in [0, 0.1) is 11.7 Å². The highest BCUT2D eigenvalue weighted by Gasteiger charge is 2.32. The number of methoxy groups -OCH3 is 2. The second-order valence-electron chi connectivity index (χ2n) is 6.81. The van der Waals surface area contributed by atoms with E-state index in [2.05, 4.69) is 5.32 Å². The second kappa shape index (κ2) is 9.20. The summed E-state index contributed by atoms with van der Waals surface area (Å²) in [5.74, 6) is -0.378. The van der Waals surface area contributed by atoms with Gasteiger partial charge >= 0.3 is 0 Å². The molecular weight excluding hydrogens is 435 g/mol. The summed E-state index contributed by atoms with van der Waals surface area (Å²) < 4.78 is 50.8. The molecular formula is C20H22ClFN2O5S. The third-order valence-corrected chi connectivity index (χ3v) is 7.21. The molecule has 1 fully saturated rings. The third kappa shape index (κ3) is 4.69. The number of hydrogen-bond acceptors (Lipinski definition) is 5. The van der Waals surface area contributed by atoms with Crippen molar-refractivity contribution in [2.24, 2.45) is 5.92 Å². The van der Waals surface area contributed by atoms with E-state index in [-0.39, 0.29) is 34.8 Å². The second-order valence-corrected chi connectivity index (χ2v) is 9.15. The molecule has 1 amide bonds. The zero-order valence-corrected chi connectivity index (χ0v) is 18.1. The van der Waals surface area contributed by atoms with Gasteiger partial charge in [-0.3, -0.25) is 4.79 Å². The number of nitrogens with one attached hydrogen (secondary N) is 1. The van der Waals surface area contributed by atoms with Crippen molar-refractivity contribution in [1.82, 2.24) is 4.31 Å².